The first-order chi connectivity index (χ1) is 10.1. The highest BCUT2D eigenvalue weighted by molar-refractivity contribution is 5.97. The van der Waals surface area contributed by atoms with Gasteiger partial charge in [0.2, 0.25) is 0 Å². The maximum Gasteiger partial charge on any atom is 0.260 e. The summed E-state index contributed by atoms with van der Waals surface area (Å²) in [5.41, 5.74) is -0.442. The molecule has 1 aliphatic heterocycles. The second-order valence-corrected chi connectivity index (χ2v) is 5.70. The molecule has 4 nitrogen and oxygen atoms in total. The van der Waals surface area contributed by atoms with Crippen LogP contribution in [0.1, 0.15) is 29.6 Å². The third-order valence-corrected chi connectivity index (χ3v) is 3.98. The Kier molecular flexibility index (Phi) is 3.80. The van der Waals surface area contributed by atoms with E-state index in [1.54, 1.807) is 4.90 Å². The van der Waals surface area contributed by atoms with Crippen LogP contribution in [0.15, 0.2) is 12.1 Å². The van der Waals surface area contributed by atoms with E-state index in [4.69, 9.17) is 4.74 Å². The fourth-order valence-electron chi connectivity index (χ4n) is 2.70. The monoisotopic (exact) mass is 297 g/mol. The SMILES string of the molecule is O=C(c1c(O)cc(F)cc1F)N(CC1CCOC1)C1CC1. The number of ether oxygens (including phenoxy) is 1. The van der Waals surface area contributed by atoms with Gasteiger partial charge >= 0.3 is 0 Å². The van der Waals surface area contributed by atoms with Crippen LogP contribution in [0.25, 0.3) is 0 Å². The van der Waals surface area contributed by atoms with Gasteiger partial charge in [-0.3, -0.25) is 4.79 Å². The highest BCUT2D eigenvalue weighted by atomic mass is 19.1. The van der Waals surface area contributed by atoms with Gasteiger partial charge in [0.25, 0.3) is 5.91 Å². The maximum absolute atomic E-state index is 13.8. The first-order valence-electron chi connectivity index (χ1n) is 7.13. The third kappa shape index (κ3) is 3.00. The van der Waals surface area contributed by atoms with Crippen molar-refractivity contribution in [1.29, 1.82) is 0 Å². The summed E-state index contributed by atoms with van der Waals surface area (Å²) in [7, 11) is 0. The summed E-state index contributed by atoms with van der Waals surface area (Å²) in [6, 6.07) is 1.47. The fourth-order valence-corrected chi connectivity index (χ4v) is 2.70. The molecule has 1 saturated heterocycles. The van der Waals surface area contributed by atoms with Gasteiger partial charge in [-0.1, -0.05) is 0 Å². The molecule has 3 rings (SSSR count). The standard InChI is InChI=1S/C15H17F2NO3/c16-10-5-12(17)14(13(19)6-10)15(20)18(11-1-2-11)7-9-3-4-21-8-9/h5-6,9,11,19H,1-4,7-8H2. The zero-order valence-corrected chi connectivity index (χ0v) is 11.5. The number of benzene rings is 1. The van der Waals surface area contributed by atoms with Crippen molar-refractivity contribution in [3.05, 3.63) is 29.3 Å². The second-order valence-electron chi connectivity index (χ2n) is 5.70. The third-order valence-electron chi connectivity index (χ3n) is 3.98. The number of phenols is 1. The molecule has 1 aromatic rings. The summed E-state index contributed by atoms with van der Waals surface area (Å²) >= 11 is 0. The number of hydrogen-bond donors (Lipinski definition) is 1. The van der Waals surface area contributed by atoms with Crippen LogP contribution in [0.5, 0.6) is 5.75 Å². The first kappa shape index (κ1) is 14.3. The lowest BCUT2D eigenvalue weighted by Gasteiger charge is -2.25. The number of carbonyl (C=O) groups excluding carboxylic acids is 1. The smallest absolute Gasteiger partial charge is 0.260 e. The van der Waals surface area contributed by atoms with E-state index in [1.165, 1.54) is 0 Å². The number of phenolic OH excluding ortho intramolecular Hbond substituents is 1. The molecule has 1 atom stereocenters. The average Bonchev–Trinajstić information content (AvgIpc) is 3.11. The van der Waals surface area contributed by atoms with Crippen molar-refractivity contribution in [3.63, 3.8) is 0 Å². The van der Waals surface area contributed by atoms with Crippen LogP contribution >= 0.6 is 0 Å². The summed E-state index contributed by atoms with van der Waals surface area (Å²) in [5.74, 6) is -2.90. The van der Waals surface area contributed by atoms with Crippen LogP contribution in [0.3, 0.4) is 0 Å². The van der Waals surface area contributed by atoms with E-state index in [0.29, 0.717) is 25.8 Å². The lowest BCUT2D eigenvalue weighted by Crippen LogP contribution is -2.38. The molecule has 1 saturated carbocycles. The summed E-state index contributed by atoms with van der Waals surface area (Å²) in [4.78, 5) is 14.1. The van der Waals surface area contributed by atoms with Crippen molar-refractivity contribution in [2.24, 2.45) is 5.92 Å². The minimum atomic E-state index is -1.02. The number of carbonyl (C=O) groups is 1. The Balaban J connectivity index is 1.83. The van der Waals surface area contributed by atoms with Crippen LogP contribution in [0, 0.1) is 17.6 Å². The molecule has 6 heteroatoms. The molecule has 0 aromatic heterocycles. The van der Waals surface area contributed by atoms with Crippen molar-refractivity contribution in [3.8, 4) is 5.75 Å². The lowest BCUT2D eigenvalue weighted by molar-refractivity contribution is 0.0698. The molecule has 0 spiro atoms. The van der Waals surface area contributed by atoms with Gasteiger partial charge in [0.15, 0.2) is 0 Å². The summed E-state index contributed by atoms with van der Waals surface area (Å²) in [5, 5.41) is 9.70. The van der Waals surface area contributed by atoms with E-state index >= 15 is 0 Å². The topological polar surface area (TPSA) is 49.8 Å². The highest BCUT2D eigenvalue weighted by Crippen LogP contribution is 2.33. The van der Waals surface area contributed by atoms with Crippen molar-refractivity contribution in [2.75, 3.05) is 19.8 Å². The van der Waals surface area contributed by atoms with Gasteiger partial charge in [0.05, 0.1) is 6.61 Å². The Hall–Kier alpha value is -1.69. The van der Waals surface area contributed by atoms with Gasteiger partial charge in [-0.05, 0) is 19.3 Å². The van der Waals surface area contributed by atoms with Crippen molar-refractivity contribution in [2.45, 2.75) is 25.3 Å². The number of nitrogens with zero attached hydrogens (tertiary/aromatic N) is 1. The Morgan fingerprint density at radius 2 is 2.10 bits per heavy atom. The van der Waals surface area contributed by atoms with E-state index in [1.807, 2.05) is 0 Å². The lowest BCUT2D eigenvalue weighted by atomic mass is 10.1. The first-order valence-corrected chi connectivity index (χ1v) is 7.13. The van der Waals surface area contributed by atoms with Gasteiger partial charge in [-0.25, -0.2) is 8.78 Å². The van der Waals surface area contributed by atoms with E-state index in [-0.39, 0.29) is 12.0 Å². The molecule has 0 bridgehead atoms. The molecule has 1 unspecified atom stereocenters. The largest absolute Gasteiger partial charge is 0.507 e. The van der Waals surface area contributed by atoms with Gasteiger partial charge < -0.3 is 14.7 Å². The Labute approximate surface area is 121 Å². The fraction of sp³-hybridized carbons (Fsp3) is 0.533. The number of rotatable bonds is 4. The zero-order valence-electron chi connectivity index (χ0n) is 11.5. The highest BCUT2D eigenvalue weighted by Gasteiger charge is 2.37. The van der Waals surface area contributed by atoms with Gasteiger partial charge in [-0.2, -0.15) is 0 Å². The van der Waals surface area contributed by atoms with Gasteiger partial charge in [0.1, 0.15) is 22.9 Å². The normalized spacial score (nSPS) is 21.5. The number of aromatic hydroxyl groups is 1. The second kappa shape index (κ2) is 5.60. The van der Waals surface area contributed by atoms with Crippen molar-refractivity contribution in [1.82, 2.24) is 4.90 Å². The number of amides is 1. The number of hydrogen-bond acceptors (Lipinski definition) is 3. The van der Waals surface area contributed by atoms with Crippen LogP contribution in [-0.4, -0.2) is 41.7 Å². The molecule has 0 radical (unpaired) electrons. The quantitative estimate of drug-likeness (QED) is 0.928. The molecule has 1 amide bonds. The van der Waals surface area contributed by atoms with Crippen LogP contribution in [-0.2, 0) is 4.74 Å². The molecule has 1 N–H and O–H groups in total. The molecule has 21 heavy (non-hydrogen) atoms. The minimum Gasteiger partial charge on any atom is -0.507 e. The van der Waals surface area contributed by atoms with Gasteiger partial charge in [-0.15, -0.1) is 0 Å². The van der Waals surface area contributed by atoms with E-state index in [9.17, 15) is 18.7 Å². The average molecular weight is 297 g/mol. The van der Waals surface area contributed by atoms with Crippen molar-refractivity contribution >= 4 is 5.91 Å². The molecular formula is C15H17F2NO3. The molecule has 2 fully saturated rings. The van der Waals surface area contributed by atoms with Crippen LogP contribution < -0.4 is 0 Å². The predicted molar refractivity (Wildman–Crippen MR) is 71.0 cm³/mol. The van der Waals surface area contributed by atoms with Crippen molar-refractivity contribution < 1.29 is 23.4 Å². The molecule has 1 aliphatic carbocycles. The van der Waals surface area contributed by atoms with E-state index in [2.05, 4.69) is 0 Å². The van der Waals surface area contributed by atoms with Gasteiger partial charge in [0, 0.05) is 37.2 Å². The Morgan fingerprint density at radius 1 is 1.33 bits per heavy atom. The predicted octanol–water partition coefficient (Wildman–Crippen LogP) is 2.31. The Morgan fingerprint density at radius 3 is 2.67 bits per heavy atom. The summed E-state index contributed by atoms with van der Waals surface area (Å²) in [6.45, 7) is 1.75. The summed E-state index contributed by atoms with van der Waals surface area (Å²) in [6.07, 6.45) is 2.63. The molecule has 2 aliphatic rings. The van der Waals surface area contributed by atoms with Crippen LogP contribution in [0.2, 0.25) is 0 Å². The molecular weight excluding hydrogens is 280 g/mol. The van der Waals surface area contributed by atoms with E-state index < -0.39 is 28.9 Å². The maximum atomic E-state index is 13.8. The number of halogens is 2. The Bertz CT molecular complexity index is 531. The summed E-state index contributed by atoms with van der Waals surface area (Å²) < 4.78 is 32.2. The minimum absolute atomic E-state index is 0.0851. The molecule has 1 heterocycles. The molecule has 1 aromatic carbocycles. The molecule has 114 valence electrons. The van der Waals surface area contributed by atoms with E-state index in [0.717, 1.165) is 25.3 Å². The van der Waals surface area contributed by atoms with Crippen LogP contribution in [0.4, 0.5) is 8.78 Å². The zero-order chi connectivity index (χ0) is 15.0.